The molecule has 0 radical (unpaired) electrons. The lowest BCUT2D eigenvalue weighted by Crippen LogP contribution is -2.10. The average Bonchev–Trinajstić information content (AvgIpc) is 2.54. The number of nitrogens with zero attached hydrogens (tertiary/aromatic N) is 1. The Bertz CT molecular complexity index is 593. The van der Waals surface area contributed by atoms with Crippen LogP contribution in [0.15, 0.2) is 18.2 Å². The highest BCUT2D eigenvalue weighted by Gasteiger charge is 2.37. The first kappa shape index (κ1) is 10.7. The van der Waals surface area contributed by atoms with E-state index in [0.29, 0.717) is 17.6 Å². The van der Waals surface area contributed by atoms with Crippen LogP contribution in [0.2, 0.25) is 0 Å². The highest BCUT2D eigenvalue weighted by atomic mass is 19.4. The minimum absolute atomic E-state index is 0.347. The van der Waals surface area contributed by atoms with Crippen LogP contribution in [0.3, 0.4) is 0 Å². The standard InChI is InChI=1S/C13H12F3N/c1-8-11(13(14,15)16)10-6-2-4-9-5-3-7-17(8)12(9)10/h2,4,6H,3,5,7H2,1H3. The van der Waals surface area contributed by atoms with Crippen LogP contribution < -0.4 is 0 Å². The fourth-order valence-electron chi connectivity index (χ4n) is 2.88. The number of aryl methyl sites for hydroxylation is 2. The highest BCUT2D eigenvalue weighted by molar-refractivity contribution is 5.89. The van der Waals surface area contributed by atoms with Crippen molar-refractivity contribution in [3.63, 3.8) is 0 Å². The Labute approximate surface area is 96.8 Å². The maximum Gasteiger partial charge on any atom is 0.418 e. The smallest absolute Gasteiger partial charge is 0.344 e. The number of hydrogen-bond donors (Lipinski definition) is 0. The van der Waals surface area contributed by atoms with E-state index in [2.05, 4.69) is 0 Å². The summed E-state index contributed by atoms with van der Waals surface area (Å²) in [7, 11) is 0. The van der Waals surface area contributed by atoms with Crippen molar-refractivity contribution in [2.75, 3.05) is 0 Å². The van der Waals surface area contributed by atoms with Gasteiger partial charge in [-0.1, -0.05) is 18.2 Å². The number of aromatic nitrogens is 1. The van der Waals surface area contributed by atoms with Crippen molar-refractivity contribution in [3.8, 4) is 0 Å². The lowest BCUT2D eigenvalue weighted by atomic mass is 10.0. The van der Waals surface area contributed by atoms with E-state index in [-0.39, 0.29) is 0 Å². The van der Waals surface area contributed by atoms with Gasteiger partial charge in [0.15, 0.2) is 0 Å². The van der Waals surface area contributed by atoms with Crippen LogP contribution in [0.5, 0.6) is 0 Å². The summed E-state index contributed by atoms with van der Waals surface area (Å²) in [4.78, 5) is 0. The minimum atomic E-state index is -4.27. The molecular weight excluding hydrogens is 227 g/mol. The molecule has 0 saturated carbocycles. The van der Waals surface area contributed by atoms with Crippen molar-refractivity contribution in [2.24, 2.45) is 0 Å². The Morgan fingerprint density at radius 1 is 1.24 bits per heavy atom. The normalized spacial score (nSPS) is 15.5. The zero-order valence-corrected chi connectivity index (χ0v) is 9.43. The summed E-state index contributed by atoms with van der Waals surface area (Å²) in [5.74, 6) is 0. The third kappa shape index (κ3) is 1.39. The first-order chi connectivity index (χ1) is 8.00. The van der Waals surface area contributed by atoms with Crippen molar-refractivity contribution in [1.29, 1.82) is 0 Å². The van der Waals surface area contributed by atoms with Gasteiger partial charge in [-0.05, 0) is 25.3 Å². The molecule has 17 heavy (non-hydrogen) atoms. The Morgan fingerprint density at radius 3 is 2.71 bits per heavy atom. The molecule has 1 aliphatic heterocycles. The van der Waals surface area contributed by atoms with E-state index in [1.807, 2.05) is 10.6 Å². The number of para-hydroxylation sites is 1. The first-order valence-corrected chi connectivity index (χ1v) is 5.68. The summed E-state index contributed by atoms with van der Waals surface area (Å²) >= 11 is 0. The molecular formula is C13H12F3N. The summed E-state index contributed by atoms with van der Waals surface area (Å²) in [6, 6.07) is 5.23. The van der Waals surface area contributed by atoms with Gasteiger partial charge in [0.2, 0.25) is 0 Å². The lowest BCUT2D eigenvalue weighted by molar-refractivity contribution is -0.136. The molecule has 0 spiro atoms. The molecule has 0 atom stereocenters. The number of alkyl halides is 3. The molecule has 90 valence electrons. The van der Waals surface area contributed by atoms with Crippen molar-refractivity contribution in [3.05, 3.63) is 35.0 Å². The summed E-state index contributed by atoms with van der Waals surface area (Å²) in [5, 5.41) is 0.354. The van der Waals surface area contributed by atoms with Crippen molar-refractivity contribution >= 4 is 10.9 Å². The maximum absolute atomic E-state index is 13.1. The number of benzene rings is 1. The van der Waals surface area contributed by atoms with E-state index in [1.165, 1.54) is 0 Å². The predicted octanol–water partition coefficient (Wildman–Crippen LogP) is 3.91. The van der Waals surface area contributed by atoms with Gasteiger partial charge in [0.05, 0.1) is 11.1 Å². The molecule has 0 bridgehead atoms. The van der Waals surface area contributed by atoms with E-state index in [9.17, 15) is 13.2 Å². The van der Waals surface area contributed by atoms with E-state index in [0.717, 1.165) is 23.9 Å². The van der Waals surface area contributed by atoms with Gasteiger partial charge in [0.1, 0.15) is 0 Å². The van der Waals surface area contributed by atoms with Crippen LogP contribution in [-0.2, 0) is 19.1 Å². The van der Waals surface area contributed by atoms with Crippen LogP contribution in [0, 0.1) is 6.92 Å². The molecule has 4 heteroatoms. The molecule has 1 aromatic heterocycles. The second kappa shape index (κ2) is 3.28. The molecule has 1 nitrogen and oxygen atoms in total. The summed E-state index contributed by atoms with van der Waals surface area (Å²) in [6.07, 6.45) is -2.48. The lowest BCUT2D eigenvalue weighted by Gasteiger charge is -2.16. The molecule has 0 amide bonds. The Hall–Kier alpha value is -1.45. The molecule has 0 saturated heterocycles. The predicted molar refractivity (Wildman–Crippen MR) is 60.0 cm³/mol. The first-order valence-electron chi connectivity index (χ1n) is 5.68. The largest absolute Gasteiger partial charge is 0.418 e. The van der Waals surface area contributed by atoms with Gasteiger partial charge in [0.25, 0.3) is 0 Å². The quantitative estimate of drug-likeness (QED) is 0.656. The molecule has 0 unspecified atom stereocenters. The van der Waals surface area contributed by atoms with Crippen molar-refractivity contribution in [1.82, 2.24) is 4.57 Å². The Morgan fingerprint density at radius 2 is 2.00 bits per heavy atom. The SMILES string of the molecule is Cc1c(C(F)(F)F)c2cccc3c2n1CCC3. The topological polar surface area (TPSA) is 4.93 Å². The average molecular weight is 239 g/mol. The third-order valence-corrected chi connectivity index (χ3v) is 3.54. The van der Waals surface area contributed by atoms with Crippen molar-refractivity contribution < 1.29 is 13.2 Å². The van der Waals surface area contributed by atoms with Crippen molar-refractivity contribution in [2.45, 2.75) is 32.5 Å². The fourth-order valence-corrected chi connectivity index (χ4v) is 2.88. The van der Waals surface area contributed by atoms with Crippen LogP contribution in [0.1, 0.15) is 23.2 Å². The highest BCUT2D eigenvalue weighted by Crippen LogP contribution is 2.41. The van der Waals surface area contributed by atoms with Crippen LogP contribution >= 0.6 is 0 Å². The van der Waals surface area contributed by atoms with Gasteiger partial charge in [0, 0.05) is 17.6 Å². The summed E-state index contributed by atoms with van der Waals surface area (Å²) < 4.78 is 41.0. The maximum atomic E-state index is 13.1. The fraction of sp³-hybridized carbons (Fsp3) is 0.385. The zero-order valence-electron chi connectivity index (χ0n) is 9.43. The molecule has 2 aromatic rings. The Balaban J connectivity index is 2.46. The molecule has 1 aliphatic rings. The monoisotopic (exact) mass is 239 g/mol. The molecule has 0 fully saturated rings. The number of hydrogen-bond acceptors (Lipinski definition) is 0. The number of halogens is 3. The van der Waals surface area contributed by atoms with Crippen LogP contribution in [-0.4, -0.2) is 4.57 Å². The van der Waals surface area contributed by atoms with Gasteiger partial charge >= 0.3 is 6.18 Å². The van der Waals surface area contributed by atoms with Gasteiger partial charge < -0.3 is 4.57 Å². The van der Waals surface area contributed by atoms with E-state index in [4.69, 9.17) is 0 Å². The van der Waals surface area contributed by atoms with E-state index in [1.54, 1.807) is 19.1 Å². The van der Waals surface area contributed by atoms with Gasteiger partial charge in [-0.15, -0.1) is 0 Å². The second-order valence-corrected chi connectivity index (χ2v) is 4.53. The van der Waals surface area contributed by atoms with Crippen LogP contribution in [0.25, 0.3) is 10.9 Å². The zero-order chi connectivity index (χ0) is 12.2. The molecule has 0 aliphatic carbocycles. The second-order valence-electron chi connectivity index (χ2n) is 4.53. The summed E-state index contributed by atoms with van der Waals surface area (Å²) in [6.45, 7) is 2.26. The van der Waals surface area contributed by atoms with Gasteiger partial charge in [-0.2, -0.15) is 13.2 Å². The van der Waals surface area contributed by atoms with Crippen LogP contribution in [0.4, 0.5) is 13.2 Å². The number of rotatable bonds is 0. The van der Waals surface area contributed by atoms with Gasteiger partial charge in [-0.3, -0.25) is 0 Å². The molecule has 3 rings (SSSR count). The third-order valence-electron chi connectivity index (χ3n) is 3.54. The van der Waals surface area contributed by atoms with Gasteiger partial charge in [-0.25, -0.2) is 0 Å². The molecule has 0 N–H and O–H groups in total. The molecule has 1 aromatic carbocycles. The summed E-state index contributed by atoms with van der Waals surface area (Å²) in [5.41, 5.74) is 1.70. The molecule has 2 heterocycles. The van der Waals surface area contributed by atoms with E-state index >= 15 is 0 Å². The van der Waals surface area contributed by atoms with E-state index < -0.39 is 11.7 Å². The Kier molecular flexibility index (Phi) is 2.06. The minimum Gasteiger partial charge on any atom is -0.344 e.